The van der Waals surface area contributed by atoms with Gasteiger partial charge in [-0.05, 0) is 99.2 Å². The van der Waals surface area contributed by atoms with Gasteiger partial charge in [0.1, 0.15) is 0 Å². The molecule has 4 aliphatic carbocycles. The van der Waals surface area contributed by atoms with E-state index in [1.807, 2.05) is 0 Å². The Bertz CT molecular complexity index is 531. The molecule has 0 saturated heterocycles. The molecule has 0 aromatic rings. The van der Waals surface area contributed by atoms with E-state index in [0.29, 0.717) is 0 Å². The number of nitriles is 1. The van der Waals surface area contributed by atoms with Crippen LogP contribution in [0.25, 0.3) is 0 Å². The van der Waals surface area contributed by atoms with Crippen LogP contribution in [0.3, 0.4) is 0 Å². The summed E-state index contributed by atoms with van der Waals surface area (Å²) in [6.07, 6.45) is 21.0. The molecule has 1 heteroatoms. The highest BCUT2D eigenvalue weighted by atomic mass is 14.6. The van der Waals surface area contributed by atoms with E-state index in [2.05, 4.69) is 19.9 Å². The summed E-state index contributed by atoms with van der Waals surface area (Å²) >= 11 is 0. The minimum atomic E-state index is 0.0400. The highest BCUT2D eigenvalue weighted by molar-refractivity contribution is 5.07. The molecule has 4 saturated carbocycles. The summed E-state index contributed by atoms with van der Waals surface area (Å²) < 4.78 is 0. The van der Waals surface area contributed by atoms with Crippen LogP contribution in [0.1, 0.15) is 110 Å². The molecular weight excluding hydrogens is 326 g/mol. The molecule has 0 amide bonds. The second-order valence-corrected chi connectivity index (χ2v) is 11.0. The molecule has 1 nitrogen and oxygen atoms in total. The number of nitrogens with zero attached hydrogens (tertiary/aromatic N) is 1. The van der Waals surface area contributed by atoms with E-state index in [9.17, 15) is 5.26 Å². The van der Waals surface area contributed by atoms with E-state index in [0.717, 1.165) is 41.4 Å². The van der Waals surface area contributed by atoms with Gasteiger partial charge in [-0.2, -0.15) is 5.26 Å². The van der Waals surface area contributed by atoms with Gasteiger partial charge in [-0.1, -0.05) is 52.4 Å². The maximum Gasteiger partial charge on any atom is 0.0689 e. The number of fused-ring (bicyclic) bond motifs is 5. The monoisotopic (exact) mass is 369 g/mol. The molecule has 0 radical (unpaired) electrons. The van der Waals surface area contributed by atoms with Crippen LogP contribution >= 0.6 is 0 Å². The summed E-state index contributed by atoms with van der Waals surface area (Å²) in [5, 5.41) is 9.97. The molecule has 0 aliphatic heterocycles. The van der Waals surface area contributed by atoms with Gasteiger partial charge in [0.05, 0.1) is 11.5 Å². The molecule has 27 heavy (non-hydrogen) atoms. The van der Waals surface area contributed by atoms with Crippen LogP contribution in [0.4, 0.5) is 0 Å². The van der Waals surface area contributed by atoms with Gasteiger partial charge in [0, 0.05) is 0 Å². The van der Waals surface area contributed by atoms with Crippen molar-refractivity contribution < 1.29 is 0 Å². The van der Waals surface area contributed by atoms with Crippen molar-refractivity contribution in [3.63, 3.8) is 0 Å². The van der Waals surface area contributed by atoms with Gasteiger partial charge >= 0.3 is 0 Å². The zero-order chi connectivity index (χ0) is 18.9. The minimum Gasteiger partial charge on any atom is -0.198 e. The molecule has 0 heterocycles. The third-order valence-electron chi connectivity index (χ3n) is 9.74. The minimum absolute atomic E-state index is 0.0400. The lowest BCUT2D eigenvalue weighted by atomic mass is 9.48. The van der Waals surface area contributed by atoms with E-state index in [4.69, 9.17) is 0 Å². The Morgan fingerprint density at radius 1 is 0.815 bits per heavy atom. The Balaban J connectivity index is 1.45. The zero-order valence-corrected chi connectivity index (χ0v) is 18.1. The summed E-state index contributed by atoms with van der Waals surface area (Å²) in [5.41, 5.74) is 0.0400. The molecule has 6 unspecified atom stereocenters. The topological polar surface area (TPSA) is 23.8 Å². The summed E-state index contributed by atoms with van der Waals surface area (Å²) in [7, 11) is 0. The van der Waals surface area contributed by atoms with E-state index in [1.54, 1.807) is 12.8 Å². The van der Waals surface area contributed by atoms with Crippen LogP contribution in [0.2, 0.25) is 0 Å². The molecule has 0 spiro atoms. The number of hydrogen-bond donors (Lipinski definition) is 0. The van der Waals surface area contributed by atoms with Gasteiger partial charge in [-0.25, -0.2) is 0 Å². The normalized spacial score (nSPS) is 46.6. The Labute approximate surface area is 168 Å². The van der Waals surface area contributed by atoms with E-state index >= 15 is 0 Å². The first-order chi connectivity index (χ1) is 13.2. The average molecular weight is 370 g/mol. The summed E-state index contributed by atoms with van der Waals surface area (Å²) in [6, 6.07) is 2.82. The van der Waals surface area contributed by atoms with Crippen molar-refractivity contribution in [1.82, 2.24) is 0 Å². The first kappa shape index (κ1) is 19.8. The van der Waals surface area contributed by atoms with Crippen LogP contribution in [-0.4, -0.2) is 0 Å². The van der Waals surface area contributed by atoms with Crippen molar-refractivity contribution in [2.75, 3.05) is 0 Å². The van der Waals surface area contributed by atoms with Crippen molar-refractivity contribution in [1.29, 1.82) is 5.26 Å². The standard InChI is InChI=1S/C26H43N/c1-3-5-15-26(18-27)16-14-22-20(17-26)10-11-25-23-9-6-8-19(7-4-2)21(23)12-13-24(22)25/h19-25H,3-17H2,1-2H3/t19-,20?,21?,22?,23?,24?,25?,26-/m0/s1. The number of unbranched alkanes of at least 4 members (excludes halogenated alkanes) is 1. The molecule has 152 valence electrons. The lowest BCUT2D eigenvalue weighted by Crippen LogP contribution is -2.49. The van der Waals surface area contributed by atoms with Crippen molar-refractivity contribution in [3.8, 4) is 6.07 Å². The molecule has 0 aromatic heterocycles. The predicted molar refractivity (Wildman–Crippen MR) is 113 cm³/mol. The Kier molecular flexibility index (Phi) is 6.21. The maximum atomic E-state index is 9.97. The zero-order valence-electron chi connectivity index (χ0n) is 18.1. The lowest BCUT2D eigenvalue weighted by Gasteiger charge is -2.57. The summed E-state index contributed by atoms with van der Waals surface area (Å²) in [5.74, 6) is 7.12. The quantitative estimate of drug-likeness (QED) is 0.486. The molecule has 0 bridgehead atoms. The smallest absolute Gasteiger partial charge is 0.0689 e. The second kappa shape index (κ2) is 8.47. The molecule has 4 fully saturated rings. The highest BCUT2D eigenvalue weighted by Crippen LogP contribution is 2.60. The van der Waals surface area contributed by atoms with Crippen molar-refractivity contribution >= 4 is 0 Å². The molecule has 4 rings (SSSR count). The number of rotatable bonds is 5. The van der Waals surface area contributed by atoms with Crippen molar-refractivity contribution in [3.05, 3.63) is 0 Å². The molecule has 0 N–H and O–H groups in total. The van der Waals surface area contributed by atoms with Gasteiger partial charge < -0.3 is 0 Å². The Hall–Kier alpha value is -0.510. The predicted octanol–water partition coefficient (Wildman–Crippen LogP) is 7.76. The van der Waals surface area contributed by atoms with Gasteiger partial charge in [0.25, 0.3) is 0 Å². The third-order valence-corrected chi connectivity index (χ3v) is 9.74. The fourth-order valence-corrected chi connectivity index (χ4v) is 8.60. The molecule has 4 aliphatic rings. The van der Waals surface area contributed by atoms with Gasteiger partial charge in [0.2, 0.25) is 0 Å². The van der Waals surface area contributed by atoms with Crippen LogP contribution in [0.15, 0.2) is 0 Å². The van der Waals surface area contributed by atoms with Gasteiger partial charge in [0.15, 0.2) is 0 Å². The summed E-state index contributed by atoms with van der Waals surface area (Å²) in [4.78, 5) is 0. The fraction of sp³-hybridized carbons (Fsp3) is 0.962. The first-order valence-corrected chi connectivity index (χ1v) is 12.6. The average Bonchev–Trinajstić information content (AvgIpc) is 2.72. The Morgan fingerprint density at radius 3 is 2.33 bits per heavy atom. The fourth-order valence-electron chi connectivity index (χ4n) is 8.60. The Morgan fingerprint density at radius 2 is 1.56 bits per heavy atom. The second-order valence-electron chi connectivity index (χ2n) is 11.0. The highest BCUT2D eigenvalue weighted by Gasteiger charge is 2.52. The SMILES string of the molecule is CCCC[C@]1(C#N)CCC2C(CCC3C2CCC2C3CCC[C@@H]2CCC)C1. The van der Waals surface area contributed by atoms with E-state index < -0.39 is 0 Å². The maximum absolute atomic E-state index is 9.97. The van der Waals surface area contributed by atoms with Crippen LogP contribution in [0.5, 0.6) is 0 Å². The van der Waals surface area contributed by atoms with Crippen LogP contribution < -0.4 is 0 Å². The third kappa shape index (κ3) is 3.72. The molecule has 0 aromatic carbocycles. The lowest BCUT2D eigenvalue weighted by molar-refractivity contribution is -0.0716. The van der Waals surface area contributed by atoms with Crippen LogP contribution in [0, 0.1) is 58.2 Å². The summed E-state index contributed by atoms with van der Waals surface area (Å²) in [6.45, 7) is 4.67. The first-order valence-electron chi connectivity index (χ1n) is 12.6. The largest absolute Gasteiger partial charge is 0.198 e. The number of hydrogen-bond acceptors (Lipinski definition) is 1. The molecular formula is C26H43N. The van der Waals surface area contributed by atoms with Gasteiger partial charge in [-0.3, -0.25) is 0 Å². The van der Waals surface area contributed by atoms with E-state index in [-0.39, 0.29) is 5.41 Å². The molecule has 8 atom stereocenters. The van der Waals surface area contributed by atoms with Crippen molar-refractivity contribution in [2.45, 2.75) is 110 Å². The van der Waals surface area contributed by atoms with E-state index in [1.165, 1.54) is 83.5 Å². The van der Waals surface area contributed by atoms with Crippen molar-refractivity contribution in [2.24, 2.45) is 46.8 Å². The van der Waals surface area contributed by atoms with Crippen LogP contribution in [-0.2, 0) is 0 Å². The van der Waals surface area contributed by atoms with Gasteiger partial charge in [-0.15, -0.1) is 0 Å².